The van der Waals surface area contributed by atoms with Crippen LogP contribution in [0.25, 0.3) is 0 Å². The van der Waals surface area contributed by atoms with Gasteiger partial charge >= 0.3 is 6.09 Å². The Kier molecular flexibility index (Phi) is 5.32. The third kappa shape index (κ3) is 4.60. The molecule has 0 spiro atoms. The fourth-order valence-electron chi connectivity index (χ4n) is 2.52. The second-order valence-corrected chi connectivity index (χ2v) is 7.58. The van der Waals surface area contributed by atoms with Gasteiger partial charge < -0.3 is 14.5 Å². The maximum absolute atomic E-state index is 12.2. The van der Waals surface area contributed by atoms with Crippen molar-refractivity contribution < 1.29 is 9.53 Å². The van der Waals surface area contributed by atoms with Gasteiger partial charge in [-0.05, 0) is 61.7 Å². The molecule has 22 heavy (non-hydrogen) atoms. The molecule has 0 aromatic carbocycles. The molecular weight excluding hydrogens is 346 g/mol. The number of halogens is 1. The first-order valence-corrected chi connectivity index (χ1v) is 8.38. The van der Waals surface area contributed by atoms with Crippen LogP contribution in [-0.2, 0) is 4.74 Å². The standard InChI is InChI=1S/C16H24BrN3O2/c1-16(2,3)22-15(21)19(4)13-6-5-9-20(11-13)14-8-7-12(17)10-18-14/h7-8,10,13H,5-6,9,11H2,1-4H3. The molecule has 122 valence electrons. The molecule has 2 rings (SSSR count). The molecule has 0 bridgehead atoms. The van der Waals surface area contributed by atoms with E-state index in [2.05, 4.69) is 25.8 Å². The average molecular weight is 370 g/mol. The molecule has 1 atom stereocenters. The van der Waals surface area contributed by atoms with Gasteiger partial charge in [0.1, 0.15) is 11.4 Å². The van der Waals surface area contributed by atoms with Crippen molar-refractivity contribution >= 4 is 27.8 Å². The maximum Gasteiger partial charge on any atom is 0.410 e. The number of rotatable bonds is 2. The van der Waals surface area contributed by atoms with Gasteiger partial charge in [-0.1, -0.05) is 0 Å². The van der Waals surface area contributed by atoms with Crippen molar-refractivity contribution in [3.8, 4) is 0 Å². The molecule has 5 nitrogen and oxygen atoms in total. The summed E-state index contributed by atoms with van der Waals surface area (Å²) in [6.45, 7) is 7.41. The van der Waals surface area contributed by atoms with Crippen LogP contribution in [0, 0.1) is 0 Å². The van der Waals surface area contributed by atoms with E-state index in [-0.39, 0.29) is 12.1 Å². The van der Waals surface area contributed by atoms with Crippen LogP contribution in [0.5, 0.6) is 0 Å². The molecule has 2 heterocycles. The Morgan fingerprint density at radius 3 is 2.77 bits per heavy atom. The quantitative estimate of drug-likeness (QED) is 0.797. The third-order valence-corrected chi connectivity index (χ3v) is 4.13. The van der Waals surface area contributed by atoms with Gasteiger partial charge in [-0.25, -0.2) is 9.78 Å². The van der Waals surface area contributed by atoms with E-state index in [1.165, 1.54) is 0 Å². The minimum Gasteiger partial charge on any atom is -0.444 e. The zero-order chi connectivity index (χ0) is 16.3. The van der Waals surface area contributed by atoms with E-state index < -0.39 is 5.60 Å². The van der Waals surface area contributed by atoms with Crippen molar-refractivity contribution in [1.82, 2.24) is 9.88 Å². The number of ether oxygens (including phenoxy) is 1. The Bertz CT molecular complexity index is 513. The molecule has 1 aliphatic heterocycles. The SMILES string of the molecule is CN(C(=O)OC(C)(C)C)C1CCCN(c2ccc(Br)cn2)C1. The summed E-state index contributed by atoms with van der Waals surface area (Å²) < 4.78 is 6.42. The summed E-state index contributed by atoms with van der Waals surface area (Å²) in [5, 5.41) is 0. The molecule has 1 aliphatic rings. The predicted molar refractivity (Wildman–Crippen MR) is 91.2 cm³/mol. The number of aromatic nitrogens is 1. The molecule has 1 aromatic heterocycles. The summed E-state index contributed by atoms with van der Waals surface area (Å²) in [7, 11) is 1.82. The van der Waals surface area contributed by atoms with E-state index in [9.17, 15) is 4.79 Å². The molecule has 0 aliphatic carbocycles. The summed E-state index contributed by atoms with van der Waals surface area (Å²) in [5.41, 5.74) is -0.465. The second-order valence-electron chi connectivity index (χ2n) is 6.67. The van der Waals surface area contributed by atoms with E-state index in [0.717, 1.165) is 36.2 Å². The van der Waals surface area contributed by atoms with E-state index >= 15 is 0 Å². The highest BCUT2D eigenvalue weighted by atomic mass is 79.9. The summed E-state index contributed by atoms with van der Waals surface area (Å²) >= 11 is 3.40. The van der Waals surface area contributed by atoms with Crippen molar-refractivity contribution in [1.29, 1.82) is 0 Å². The Hall–Kier alpha value is -1.30. The number of nitrogens with zero attached hydrogens (tertiary/aromatic N) is 3. The number of anilines is 1. The van der Waals surface area contributed by atoms with Crippen LogP contribution < -0.4 is 4.90 Å². The number of hydrogen-bond acceptors (Lipinski definition) is 4. The minimum atomic E-state index is -0.465. The molecule has 0 saturated carbocycles. The number of piperidine rings is 1. The van der Waals surface area contributed by atoms with Crippen LogP contribution in [0.2, 0.25) is 0 Å². The normalized spacial score (nSPS) is 19.0. The summed E-state index contributed by atoms with van der Waals surface area (Å²) in [6, 6.07) is 4.14. The first kappa shape index (κ1) is 17.1. The van der Waals surface area contributed by atoms with Crippen LogP contribution in [0.15, 0.2) is 22.8 Å². The Morgan fingerprint density at radius 1 is 1.45 bits per heavy atom. The largest absolute Gasteiger partial charge is 0.444 e. The number of carbonyl (C=O) groups excluding carboxylic acids is 1. The Balaban J connectivity index is 2.00. The van der Waals surface area contributed by atoms with Crippen LogP contribution in [0.4, 0.5) is 10.6 Å². The maximum atomic E-state index is 12.2. The van der Waals surface area contributed by atoms with Gasteiger partial charge in [0.05, 0.1) is 6.04 Å². The number of pyridine rings is 1. The molecule has 1 unspecified atom stereocenters. The first-order chi connectivity index (χ1) is 10.3. The number of amides is 1. The molecule has 1 saturated heterocycles. The highest BCUT2D eigenvalue weighted by Gasteiger charge is 2.29. The minimum absolute atomic E-state index is 0.147. The fourth-order valence-corrected chi connectivity index (χ4v) is 2.75. The summed E-state index contributed by atoms with van der Waals surface area (Å²) in [5.74, 6) is 0.950. The highest BCUT2D eigenvalue weighted by Crippen LogP contribution is 2.22. The lowest BCUT2D eigenvalue weighted by molar-refractivity contribution is 0.0209. The topological polar surface area (TPSA) is 45.7 Å². The second kappa shape index (κ2) is 6.86. The highest BCUT2D eigenvalue weighted by molar-refractivity contribution is 9.10. The lowest BCUT2D eigenvalue weighted by Crippen LogP contribution is -2.50. The van der Waals surface area contributed by atoms with Gasteiger partial charge in [0, 0.05) is 30.8 Å². The van der Waals surface area contributed by atoms with E-state index in [0.29, 0.717) is 0 Å². The zero-order valence-corrected chi connectivity index (χ0v) is 15.3. The van der Waals surface area contributed by atoms with E-state index in [1.807, 2.05) is 40.0 Å². The Labute approximate surface area is 140 Å². The first-order valence-electron chi connectivity index (χ1n) is 7.58. The molecule has 1 fully saturated rings. The van der Waals surface area contributed by atoms with E-state index in [4.69, 9.17) is 4.74 Å². The number of likely N-dealkylation sites (N-methyl/N-ethyl adjacent to an activating group) is 1. The van der Waals surface area contributed by atoms with Crippen molar-refractivity contribution in [3.05, 3.63) is 22.8 Å². The molecular formula is C16H24BrN3O2. The summed E-state index contributed by atoms with van der Waals surface area (Å²) in [4.78, 5) is 20.6. The van der Waals surface area contributed by atoms with Crippen molar-refractivity contribution in [3.63, 3.8) is 0 Å². The van der Waals surface area contributed by atoms with Gasteiger partial charge in [0.2, 0.25) is 0 Å². The smallest absolute Gasteiger partial charge is 0.410 e. The van der Waals surface area contributed by atoms with Crippen LogP contribution in [-0.4, -0.2) is 47.8 Å². The predicted octanol–water partition coefficient (Wildman–Crippen LogP) is 3.68. The van der Waals surface area contributed by atoms with Gasteiger partial charge in [0.15, 0.2) is 0 Å². The number of carbonyl (C=O) groups is 1. The van der Waals surface area contributed by atoms with Crippen molar-refractivity contribution in [2.75, 3.05) is 25.0 Å². The molecule has 1 amide bonds. The van der Waals surface area contributed by atoms with Gasteiger partial charge in [-0.2, -0.15) is 0 Å². The third-order valence-electron chi connectivity index (χ3n) is 3.66. The summed E-state index contributed by atoms with van der Waals surface area (Å²) in [6.07, 6.45) is 3.57. The van der Waals surface area contributed by atoms with Crippen LogP contribution in [0.1, 0.15) is 33.6 Å². The van der Waals surface area contributed by atoms with E-state index in [1.54, 1.807) is 11.1 Å². The van der Waals surface area contributed by atoms with Crippen LogP contribution >= 0.6 is 15.9 Å². The molecule has 0 N–H and O–H groups in total. The number of hydrogen-bond donors (Lipinski definition) is 0. The van der Waals surface area contributed by atoms with Gasteiger partial charge in [-0.15, -0.1) is 0 Å². The average Bonchev–Trinajstić information content (AvgIpc) is 2.45. The Morgan fingerprint density at radius 2 is 2.18 bits per heavy atom. The fraction of sp³-hybridized carbons (Fsp3) is 0.625. The van der Waals surface area contributed by atoms with Crippen molar-refractivity contribution in [2.45, 2.75) is 45.3 Å². The lowest BCUT2D eigenvalue weighted by Gasteiger charge is -2.38. The van der Waals surface area contributed by atoms with Gasteiger partial charge in [-0.3, -0.25) is 0 Å². The van der Waals surface area contributed by atoms with Crippen LogP contribution in [0.3, 0.4) is 0 Å². The molecule has 6 heteroatoms. The van der Waals surface area contributed by atoms with Gasteiger partial charge in [0.25, 0.3) is 0 Å². The zero-order valence-electron chi connectivity index (χ0n) is 13.7. The molecule has 1 aromatic rings. The lowest BCUT2D eigenvalue weighted by atomic mass is 10.0. The van der Waals surface area contributed by atoms with Crippen molar-refractivity contribution in [2.24, 2.45) is 0 Å². The monoisotopic (exact) mass is 369 g/mol. The molecule has 0 radical (unpaired) electrons.